The van der Waals surface area contributed by atoms with Gasteiger partial charge in [0.1, 0.15) is 18.1 Å². The smallest absolute Gasteiger partial charge is 0.152 e. The topological polar surface area (TPSA) is 76.5 Å². The van der Waals surface area contributed by atoms with E-state index in [0.29, 0.717) is 11.7 Å². The molecular weight excluding hydrogens is 358 g/mol. The minimum Gasteiger partial charge on any atom is -0.382 e. The molecule has 2 N–H and O–H groups in total. The Labute approximate surface area is 145 Å². The van der Waals surface area contributed by atoms with Crippen molar-refractivity contribution in [3.05, 3.63) is 22.6 Å². The number of carbonyl (C=O) groups is 1. The maximum Gasteiger partial charge on any atom is 0.152 e. The maximum atomic E-state index is 9.50. The van der Waals surface area contributed by atoms with Crippen molar-refractivity contribution in [1.82, 2.24) is 19.5 Å². The van der Waals surface area contributed by atoms with Crippen LogP contribution in [0.15, 0.2) is 16.9 Å². The normalized spacial score (nSPS) is 16.4. The average molecular weight is 382 g/mol. The van der Waals surface area contributed by atoms with Crippen LogP contribution >= 0.6 is 15.9 Å². The lowest BCUT2D eigenvalue weighted by Gasteiger charge is -2.28. The Bertz CT molecular complexity index is 662. The fourth-order valence-corrected chi connectivity index (χ4v) is 3.25. The molecule has 0 saturated carbocycles. The third-order valence-corrected chi connectivity index (χ3v) is 4.58. The first-order chi connectivity index (χ1) is 10.9. The second-order valence-corrected chi connectivity index (χ2v) is 7.13. The molecule has 0 atom stereocenters. The highest BCUT2D eigenvalue weighted by Crippen LogP contribution is 2.33. The number of fused-ring (bicyclic) bond motifs is 1. The largest absolute Gasteiger partial charge is 0.382 e. The molecule has 6 nitrogen and oxygen atoms in total. The molecule has 3 rings (SSSR count). The Morgan fingerprint density at radius 1 is 1.39 bits per heavy atom. The number of likely N-dealkylation sites (tertiary alicyclic amines) is 1. The number of hydrogen-bond donors (Lipinski definition) is 1. The highest BCUT2D eigenvalue weighted by atomic mass is 79.9. The van der Waals surface area contributed by atoms with E-state index in [-0.39, 0.29) is 5.92 Å². The van der Waals surface area contributed by atoms with Gasteiger partial charge in [-0.2, -0.15) is 5.10 Å². The Balaban J connectivity index is 0.000000338. The summed E-state index contributed by atoms with van der Waals surface area (Å²) in [5, 5.41) is 4.34. The third kappa shape index (κ3) is 4.29. The number of nitrogens with zero attached hydrogens (tertiary/aromatic N) is 4. The first-order valence-electron chi connectivity index (χ1n) is 7.85. The van der Waals surface area contributed by atoms with Crippen LogP contribution in [0.2, 0.25) is 0 Å². The molecule has 1 saturated heterocycles. The van der Waals surface area contributed by atoms with Crippen LogP contribution in [0.1, 0.15) is 38.3 Å². The first kappa shape index (κ1) is 17.9. The zero-order chi connectivity index (χ0) is 17.0. The van der Waals surface area contributed by atoms with Crippen LogP contribution in [0.3, 0.4) is 0 Å². The van der Waals surface area contributed by atoms with Crippen molar-refractivity contribution in [1.29, 1.82) is 0 Å². The zero-order valence-corrected chi connectivity index (χ0v) is 15.5. The van der Waals surface area contributed by atoms with E-state index < -0.39 is 0 Å². The number of carbonyl (C=O) groups excluding carboxylic acids is 1. The SMILES string of the molecule is CC(C)C=O.CN1CCC(c2cc(Br)c3c(N)ncnn23)CC1. The molecule has 23 heavy (non-hydrogen) atoms. The van der Waals surface area contributed by atoms with E-state index in [1.807, 2.05) is 18.4 Å². The van der Waals surface area contributed by atoms with E-state index >= 15 is 0 Å². The first-order valence-corrected chi connectivity index (χ1v) is 8.64. The van der Waals surface area contributed by atoms with Gasteiger partial charge in [-0.25, -0.2) is 9.50 Å². The van der Waals surface area contributed by atoms with Gasteiger partial charge in [0.2, 0.25) is 0 Å². The van der Waals surface area contributed by atoms with Crippen molar-refractivity contribution >= 4 is 33.6 Å². The van der Waals surface area contributed by atoms with Crippen LogP contribution in [0.5, 0.6) is 0 Å². The van der Waals surface area contributed by atoms with Gasteiger partial charge in [-0.1, -0.05) is 13.8 Å². The number of rotatable bonds is 2. The fourth-order valence-electron chi connectivity index (χ4n) is 2.64. The predicted molar refractivity (Wildman–Crippen MR) is 95.5 cm³/mol. The van der Waals surface area contributed by atoms with Gasteiger partial charge < -0.3 is 15.4 Å². The number of anilines is 1. The van der Waals surface area contributed by atoms with Crippen LogP contribution in [-0.2, 0) is 4.79 Å². The van der Waals surface area contributed by atoms with Crippen LogP contribution in [0.25, 0.3) is 5.52 Å². The molecule has 0 radical (unpaired) electrons. The molecular formula is C16H24BrN5O. The second-order valence-electron chi connectivity index (χ2n) is 6.28. The van der Waals surface area contributed by atoms with Crippen molar-refractivity contribution in [2.75, 3.05) is 25.9 Å². The van der Waals surface area contributed by atoms with Crippen molar-refractivity contribution in [2.24, 2.45) is 5.92 Å². The van der Waals surface area contributed by atoms with E-state index in [1.54, 1.807) is 0 Å². The molecule has 0 unspecified atom stereocenters. The number of hydrogen-bond acceptors (Lipinski definition) is 5. The average Bonchev–Trinajstić information content (AvgIpc) is 2.87. The highest BCUT2D eigenvalue weighted by molar-refractivity contribution is 9.10. The number of aromatic nitrogens is 3. The molecule has 7 heteroatoms. The fraction of sp³-hybridized carbons (Fsp3) is 0.562. The number of nitrogen functional groups attached to an aromatic ring is 1. The number of halogens is 1. The molecule has 0 bridgehead atoms. The molecule has 0 amide bonds. The van der Waals surface area contributed by atoms with Crippen molar-refractivity contribution in [3.8, 4) is 0 Å². The molecule has 2 aromatic heterocycles. The van der Waals surface area contributed by atoms with Crippen LogP contribution in [0.4, 0.5) is 5.82 Å². The number of aldehydes is 1. The van der Waals surface area contributed by atoms with Gasteiger partial charge in [0.15, 0.2) is 5.82 Å². The van der Waals surface area contributed by atoms with Gasteiger partial charge in [0.05, 0.1) is 0 Å². The molecule has 1 aliphatic rings. The van der Waals surface area contributed by atoms with E-state index in [4.69, 9.17) is 5.73 Å². The molecule has 0 aliphatic carbocycles. The lowest BCUT2D eigenvalue weighted by atomic mass is 9.94. The molecule has 0 aromatic carbocycles. The zero-order valence-electron chi connectivity index (χ0n) is 13.9. The summed E-state index contributed by atoms with van der Waals surface area (Å²) >= 11 is 3.56. The summed E-state index contributed by atoms with van der Waals surface area (Å²) in [6.07, 6.45) is 4.77. The molecule has 3 heterocycles. The predicted octanol–water partition coefficient (Wildman–Crippen LogP) is 2.72. The molecule has 1 fully saturated rings. The minimum atomic E-state index is 0.204. The summed E-state index contributed by atoms with van der Waals surface area (Å²) in [5.74, 6) is 1.28. The summed E-state index contributed by atoms with van der Waals surface area (Å²) in [7, 11) is 2.17. The standard InChI is InChI=1S/C12H16BrN5.C4H8O/c1-17-4-2-8(3-5-17)10-6-9(13)11-12(14)15-7-16-18(10)11;1-4(2)3-5/h6-8H,2-5H2,1H3,(H2,14,15,16);3-4H,1-2H3. The minimum absolute atomic E-state index is 0.204. The maximum absolute atomic E-state index is 9.50. The Morgan fingerprint density at radius 3 is 2.57 bits per heavy atom. The summed E-state index contributed by atoms with van der Waals surface area (Å²) in [6, 6.07) is 2.14. The Hall–Kier alpha value is -1.47. The van der Waals surface area contributed by atoms with Gasteiger partial charge in [-0.05, 0) is 55.0 Å². The molecule has 0 spiro atoms. The van der Waals surface area contributed by atoms with Gasteiger partial charge >= 0.3 is 0 Å². The molecule has 126 valence electrons. The summed E-state index contributed by atoms with van der Waals surface area (Å²) in [5.41, 5.74) is 8.03. The highest BCUT2D eigenvalue weighted by Gasteiger charge is 2.23. The van der Waals surface area contributed by atoms with E-state index in [0.717, 1.165) is 29.4 Å². The van der Waals surface area contributed by atoms with Crippen LogP contribution in [0, 0.1) is 5.92 Å². The lowest BCUT2D eigenvalue weighted by molar-refractivity contribution is -0.110. The number of piperidine rings is 1. The monoisotopic (exact) mass is 381 g/mol. The van der Waals surface area contributed by atoms with Gasteiger partial charge in [-0.3, -0.25) is 0 Å². The van der Waals surface area contributed by atoms with Crippen LogP contribution < -0.4 is 5.73 Å². The Morgan fingerprint density at radius 2 is 2.00 bits per heavy atom. The van der Waals surface area contributed by atoms with Gasteiger partial charge in [-0.15, -0.1) is 0 Å². The quantitative estimate of drug-likeness (QED) is 0.809. The van der Waals surface area contributed by atoms with Gasteiger partial charge in [0.25, 0.3) is 0 Å². The number of nitrogens with two attached hydrogens (primary N) is 1. The second kappa shape index (κ2) is 7.88. The van der Waals surface area contributed by atoms with Crippen molar-refractivity contribution < 1.29 is 4.79 Å². The van der Waals surface area contributed by atoms with Crippen molar-refractivity contribution in [3.63, 3.8) is 0 Å². The van der Waals surface area contributed by atoms with E-state index in [1.165, 1.54) is 24.9 Å². The summed E-state index contributed by atoms with van der Waals surface area (Å²) < 4.78 is 2.91. The third-order valence-electron chi connectivity index (χ3n) is 3.97. The molecule has 1 aliphatic heterocycles. The Kier molecular flexibility index (Phi) is 6.12. The van der Waals surface area contributed by atoms with Crippen LogP contribution in [-0.4, -0.2) is 45.9 Å². The summed E-state index contributed by atoms with van der Waals surface area (Å²) in [4.78, 5) is 15.9. The van der Waals surface area contributed by atoms with Gasteiger partial charge in [0, 0.05) is 22.0 Å². The van der Waals surface area contributed by atoms with E-state index in [9.17, 15) is 4.79 Å². The van der Waals surface area contributed by atoms with Crippen molar-refractivity contribution in [2.45, 2.75) is 32.6 Å². The van der Waals surface area contributed by atoms with E-state index in [2.05, 4.69) is 44.0 Å². The lowest BCUT2D eigenvalue weighted by Crippen LogP contribution is -2.29. The molecule has 2 aromatic rings. The summed E-state index contributed by atoms with van der Waals surface area (Å²) in [6.45, 7) is 5.98.